The third-order valence-electron chi connectivity index (χ3n) is 2.11. The molecule has 0 spiro atoms. The van der Waals surface area contributed by atoms with Gasteiger partial charge >= 0.3 is 0 Å². The van der Waals surface area contributed by atoms with Gasteiger partial charge in [0, 0.05) is 12.8 Å². The lowest BCUT2D eigenvalue weighted by Crippen LogP contribution is -2.30. The quantitative estimate of drug-likeness (QED) is 0.401. The molecular formula is C7H11BNO4P. The highest BCUT2D eigenvalue weighted by Crippen LogP contribution is 2.41. The van der Waals surface area contributed by atoms with E-state index in [2.05, 4.69) is 9.76 Å². The van der Waals surface area contributed by atoms with Crippen molar-refractivity contribution in [2.75, 3.05) is 12.8 Å². The minimum Gasteiger partial charge on any atom is -0.403 e. The highest BCUT2D eigenvalue weighted by atomic mass is 31.2. The fraction of sp³-hybridized carbons (Fsp3) is 0.714. The molecule has 1 aliphatic heterocycles. The van der Waals surface area contributed by atoms with E-state index < -0.39 is 13.4 Å². The summed E-state index contributed by atoms with van der Waals surface area (Å²) in [6, 6.07) is -0.522. The maximum absolute atomic E-state index is 11.4. The Balaban J connectivity index is 2.43. The molecule has 1 N–H and O–H groups in total. The summed E-state index contributed by atoms with van der Waals surface area (Å²) >= 11 is 0. The van der Waals surface area contributed by atoms with Gasteiger partial charge in [-0.2, -0.15) is 0 Å². The molecule has 1 fully saturated rings. The zero-order valence-corrected chi connectivity index (χ0v) is 8.75. The van der Waals surface area contributed by atoms with Crippen molar-refractivity contribution in [3.63, 3.8) is 0 Å². The maximum atomic E-state index is 11.4. The van der Waals surface area contributed by atoms with E-state index in [4.69, 9.17) is 8.05 Å². The van der Waals surface area contributed by atoms with Crippen molar-refractivity contribution in [3.8, 4) is 0 Å². The Morgan fingerprint density at radius 3 is 2.71 bits per heavy atom. The van der Waals surface area contributed by atoms with E-state index in [0.29, 0.717) is 6.42 Å². The molecule has 0 aromatic heterocycles. The Kier molecular flexibility index (Phi) is 3.51. The third-order valence-corrected chi connectivity index (χ3v) is 3.62. The molecule has 0 saturated carbocycles. The van der Waals surface area contributed by atoms with Crippen LogP contribution in [-0.2, 0) is 18.6 Å². The number of amides is 1. The zero-order valence-electron chi connectivity index (χ0n) is 7.86. The minimum absolute atomic E-state index is 0.0812. The summed E-state index contributed by atoms with van der Waals surface area (Å²) in [6.45, 7) is 1.40. The fourth-order valence-corrected chi connectivity index (χ4v) is 2.09. The molecule has 14 heavy (non-hydrogen) atoms. The van der Waals surface area contributed by atoms with Crippen LogP contribution in [0, 0.1) is 0 Å². The number of hydrogen-bond acceptors (Lipinski definition) is 4. The number of hydrogen-bond donors (Lipinski definition) is 1. The topological polar surface area (TPSA) is 72.5 Å². The SMILES string of the molecule is [B]OP(C)(=O)CCC1NC(=O)CC1=O. The van der Waals surface area contributed by atoms with Crippen molar-refractivity contribution in [3.05, 3.63) is 0 Å². The molecule has 2 atom stereocenters. The van der Waals surface area contributed by atoms with Gasteiger partial charge in [0.15, 0.2) is 13.2 Å². The summed E-state index contributed by atoms with van der Waals surface area (Å²) in [5.41, 5.74) is 0. The van der Waals surface area contributed by atoms with Gasteiger partial charge in [-0.3, -0.25) is 14.2 Å². The fourth-order valence-electron chi connectivity index (χ4n) is 1.26. The van der Waals surface area contributed by atoms with Gasteiger partial charge in [0.2, 0.25) is 5.91 Å². The van der Waals surface area contributed by atoms with Crippen LogP contribution in [0.1, 0.15) is 12.8 Å². The number of carbonyl (C=O) groups is 2. The molecule has 0 bridgehead atoms. The van der Waals surface area contributed by atoms with Crippen LogP contribution in [0.5, 0.6) is 0 Å². The van der Waals surface area contributed by atoms with Gasteiger partial charge in [-0.1, -0.05) is 0 Å². The van der Waals surface area contributed by atoms with Crippen LogP contribution in [0.25, 0.3) is 0 Å². The summed E-state index contributed by atoms with van der Waals surface area (Å²) in [5, 5.41) is 2.49. The molecule has 2 unspecified atom stereocenters. The third kappa shape index (κ3) is 2.96. The van der Waals surface area contributed by atoms with E-state index in [0.717, 1.165) is 0 Å². The first-order valence-corrected chi connectivity index (χ1v) is 6.47. The van der Waals surface area contributed by atoms with Gasteiger partial charge < -0.3 is 9.76 Å². The van der Waals surface area contributed by atoms with E-state index >= 15 is 0 Å². The highest BCUT2D eigenvalue weighted by molar-refractivity contribution is 7.58. The van der Waals surface area contributed by atoms with Crippen LogP contribution >= 0.6 is 7.37 Å². The van der Waals surface area contributed by atoms with Crippen molar-refractivity contribution in [1.82, 2.24) is 5.32 Å². The summed E-state index contributed by atoms with van der Waals surface area (Å²) in [5.74, 6) is -0.438. The molecular weight excluding hydrogens is 204 g/mol. The molecule has 76 valence electrons. The standard InChI is InChI=1S/C7H11BNO4P/c1-14(12,13-8)3-2-5-6(10)4-7(11)9-5/h5H,2-4H2,1H3,(H,9,11). The number of Topliss-reactive ketones (excluding diaryl/α,β-unsaturated/α-hetero) is 1. The lowest BCUT2D eigenvalue weighted by molar-refractivity contribution is -0.122. The molecule has 5 nitrogen and oxygen atoms in total. The van der Waals surface area contributed by atoms with Gasteiger partial charge in [-0.25, -0.2) is 0 Å². The van der Waals surface area contributed by atoms with Crippen LogP contribution in [-0.4, -0.2) is 38.6 Å². The lowest BCUT2D eigenvalue weighted by atomic mass is 10.1. The Morgan fingerprint density at radius 2 is 2.29 bits per heavy atom. The molecule has 1 saturated heterocycles. The molecule has 1 rings (SSSR count). The lowest BCUT2D eigenvalue weighted by Gasteiger charge is -2.13. The predicted octanol–water partition coefficient (Wildman–Crippen LogP) is -0.158. The maximum Gasteiger partial charge on any atom is 0.292 e. The van der Waals surface area contributed by atoms with Gasteiger partial charge in [0.1, 0.15) is 0 Å². The van der Waals surface area contributed by atoms with Gasteiger partial charge in [0.05, 0.1) is 12.5 Å². The second kappa shape index (κ2) is 4.28. The Hall–Kier alpha value is -0.605. The first-order chi connectivity index (χ1) is 6.44. The number of nitrogens with one attached hydrogen (secondary N) is 1. The van der Waals surface area contributed by atoms with Crippen molar-refractivity contribution in [2.45, 2.75) is 18.9 Å². The van der Waals surface area contributed by atoms with Crippen LogP contribution in [0.2, 0.25) is 0 Å². The molecule has 1 aliphatic rings. The summed E-state index contributed by atoms with van der Waals surface area (Å²) < 4.78 is 15.6. The first-order valence-electron chi connectivity index (χ1n) is 4.22. The van der Waals surface area contributed by atoms with Crippen molar-refractivity contribution in [1.29, 1.82) is 0 Å². The molecule has 2 radical (unpaired) electrons. The van der Waals surface area contributed by atoms with Crippen LogP contribution in [0.15, 0.2) is 0 Å². The second-order valence-electron chi connectivity index (χ2n) is 3.39. The number of carbonyl (C=O) groups excluding carboxylic acids is 2. The average molecular weight is 215 g/mol. The largest absolute Gasteiger partial charge is 0.403 e. The smallest absolute Gasteiger partial charge is 0.292 e. The van der Waals surface area contributed by atoms with E-state index in [9.17, 15) is 14.2 Å². The second-order valence-corrected chi connectivity index (χ2v) is 6.08. The van der Waals surface area contributed by atoms with E-state index in [1.54, 1.807) is 0 Å². The summed E-state index contributed by atoms with van der Waals surface area (Å²) in [6.07, 6.45) is 0.428. The van der Waals surface area contributed by atoms with E-state index in [1.165, 1.54) is 6.66 Å². The molecule has 1 amide bonds. The normalized spacial score (nSPS) is 25.9. The summed E-state index contributed by atoms with van der Waals surface area (Å²) in [7, 11) is 2.02. The molecule has 0 aromatic rings. The van der Waals surface area contributed by atoms with Gasteiger partial charge in [-0.05, 0) is 6.42 Å². The van der Waals surface area contributed by atoms with Crippen molar-refractivity contribution >= 4 is 27.1 Å². The average Bonchev–Trinajstić information content (AvgIpc) is 2.42. The minimum atomic E-state index is -2.80. The highest BCUT2D eigenvalue weighted by Gasteiger charge is 2.31. The first kappa shape index (κ1) is 11.5. The zero-order chi connectivity index (χ0) is 10.8. The van der Waals surface area contributed by atoms with Crippen LogP contribution in [0.4, 0.5) is 0 Å². The predicted molar refractivity (Wildman–Crippen MR) is 51.4 cm³/mol. The molecule has 7 heteroatoms. The number of rotatable bonds is 4. The van der Waals surface area contributed by atoms with Crippen LogP contribution in [0.3, 0.4) is 0 Å². The molecule has 0 aromatic carbocycles. The van der Waals surface area contributed by atoms with Crippen molar-refractivity contribution < 1.29 is 18.6 Å². The molecule has 0 aliphatic carbocycles. The Bertz CT molecular complexity index is 306. The Labute approximate surface area is 83.5 Å². The van der Waals surface area contributed by atoms with Gasteiger partial charge in [0.25, 0.3) is 8.05 Å². The van der Waals surface area contributed by atoms with Gasteiger partial charge in [-0.15, -0.1) is 0 Å². The summed E-state index contributed by atoms with van der Waals surface area (Å²) in [4.78, 5) is 21.9. The van der Waals surface area contributed by atoms with Crippen LogP contribution < -0.4 is 5.32 Å². The van der Waals surface area contributed by atoms with E-state index in [1.807, 2.05) is 0 Å². The van der Waals surface area contributed by atoms with E-state index in [-0.39, 0.29) is 24.3 Å². The molecule has 1 heterocycles. The van der Waals surface area contributed by atoms with Crippen molar-refractivity contribution in [2.24, 2.45) is 0 Å². The Morgan fingerprint density at radius 1 is 1.64 bits per heavy atom. The monoisotopic (exact) mass is 215 g/mol. The number of ketones is 1.